The van der Waals surface area contributed by atoms with Crippen molar-refractivity contribution in [2.24, 2.45) is 0 Å². The molecule has 0 bridgehead atoms. The Morgan fingerprint density at radius 1 is 1.21 bits per heavy atom. The van der Waals surface area contributed by atoms with Gasteiger partial charge in [-0.3, -0.25) is 10.1 Å². The molecule has 33 heavy (non-hydrogen) atoms. The van der Waals surface area contributed by atoms with Gasteiger partial charge in [0.25, 0.3) is 5.56 Å². The fraction of sp³-hybridized carbons (Fsp3) is 0.391. The van der Waals surface area contributed by atoms with Crippen molar-refractivity contribution >= 4 is 22.6 Å². The summed E-state index contributed by atoms with van der Waals surface area (Å²) in [6.45, 7) is 2.02. The number of nitrogens with one attached hydrogen (secondary N) is 1. The van der Waals surface area contributed by atoms with Gasteiger partial charge in [-0.1, -0.05) is 30.6 Å². The van der Waals surface area contributed by atoms with E-state index in [-0.39, 0.29) is 29.7 Å². The summed E-state index contributed by atoms with van der Waals surface area (Å²) in [4.78, 5) is 29.5. The minimum absolute atomic E-state index is 0.109. The van der Waals surface area contributed by atoms with Gasteiger partial charge in [-0.15, -0.1) is 0 Å². The average Bonchev–Trinajstić information content (AvgIpc) is 3.20. The molecule has 0 unspecified atom stereocenters. The van der Waals surface area contributed by atoms with E-state index in [9.17, 15) is 19.1 Å². The van der Waals surface area contributed by atoms with Crippen molar-refractivity contribution in [2.45, 2.75) is 51.2 Å². The summed E-state index contributed by atoms with van der Waals surface area (Å²) >= 11 is 1.17. The van der Waals surface area contributed by atoms with Crippen molar-refractivity contribution in [2.75, 3.05) is 11.9 Å². The quantitative estimate of drug-likeness (QED) is 0.550. The lowest BCUT2D eigenvalue weighted by molar-refractivity contribution is -0.0153. The van der Waals surface area contributed by atoms with Crippen LogP contribution in [0.4, 0.5) is 14.3 Å². The molecule has 2 aromatic heterocycles. The number of halogens is 1. The largest absolute Gasteiger partial charge is 0.450 e. The van der Waals surface area contributed by atoms with Crippen molar-refractivity contribution in [3.63, 3.8) is 0 Å². The Bertz CT molecular complexity index is 1190. The number of thiazole rings is 1. The van der Waals surface area contributed by atoms with Gasteiger partial charge in [0.1, 0.15) is 11.5 Å². The van der Waals surface area contributed by atoms with Gasteiger partial charge in [0.2, 0.25) is 0 Å². The van der Waals surface area contributed by atoms with Gasteiger partial charge in [-0.05, 0) is 50.1 Å². The highest BCUT2D eigenvalue weighted by Crippen LogP contribution is 2.38. The van der Waals surface area contributed by atoms with Crippen LogP contribution < -0.4 is 10.9 Å². The lowest BCUT2D eigenvalue weighted by atomic mass is 9.85. The van der Waals surface area contributed by atoms with E-state index in [2.05, 4.69) is 15.4 Å². The lowest BCUT2D eigenvalue weighted by Gasteiger charge is -2.31. The third-order valence-corrected chi connectivity index (χ3v) is 6.55. The first kappa shape index (κ1) is 23.1. The monoisotopic (exact) mass is 472 g/mol. The second kappa shape index (κ2) is 9.80. The highest BCUT2D eigenvalue weighted by Gasteiger charge is 2.30. The molecule has 2 heterocycles. The predicted molar refractivity (Wildman–Crippen MR) is 124 cm³/mol. The van der Waals surface area contributed by atoms with Crippen LogP contribution in [0.1, 0.15) is 39.0 Å². The van der Waals surface area contributed by atoms with E-state index >= 15 is 0 Å². The van der Waals surface area contributed by atoms with Crippen LogP contribution in [0.2, 0.25) is 0 Å². The van der Waals surface area contributed by atoms with Gasteiger partial charge in [-0.2, -0.15) is 5.10 Å². The van der Waals surface area contributed by atoms with Crippen molar-refractivity contribution in [3.05, 3.63) is 52.6 Å². The van der Waals surface area contributed by atoms with Crippen molar-refractivity contribution < 1.29 is 19.0 Å². The molecule has 8 nitrogen and oxygen atoms in total. The second-order valence-corrected chi connectivity index (χ2v) is 9.05. The maximum absolute atomic E-state index is 13.5. The molecule has 1 fully saturated rings. The molecule has 0 spiro atoms. The molecule has 0 radical (unpaired) electrons. The summed E-state index contributed by atoms with van der Waals surface area (Å²) in [6.07, 6.45) is 3.51. The summed E-state index contributed by atoms with van der Waals surface area (Å²) in [5.74, 6) is -0.382. The zero-order valence-corrected chi connectivity index (χ0v) is 19.0. The van der Waals surface area contributed by atoms with Crippen molar-refractivity contribution in [1.82, 2.24) is 14.8 Å². The van der Waals surface area contributed by atoms with Crippen LogP contribution in [-0.2, 0) is 11.3 Å². The first-order valence-corrected chi connectivity index (χ1v) is 11.7. The number of benzene rings is 1. The summed E-state index contributed by atoms with van der Waals surface area (Å²) in [7, 11) is 0. The molecule has 1 aromatic carbocycles. The molecule has 3 aromatic rings. The van der Waals surface area contributed by atoms with Crippen molar-refractivity contribution in [3.8, 4) is 21.8 Å². The summed E-state index contributed by atoms with van der Waals surface area (Å²) in [5.41, 5.74) is 0.307. The fourth-order valence-corrected chi connectivity index (χ4v) is 4.87. The number of amides is 1. The predicted octanol–water partition coefficient (Wildman–Crippen LogP) is 4.44. The minimum Gasteiger partial charge on any atom is -0.450 e. The van der Waals surface area contributed by atoms with Crippen LogP contribution in [0.15, 0.2) is 41.2 Å². The van der Waals surface area contributed by atoms with Gasteiger partial charge in [-0.25, -0.2) is 18.9 Å². The number of ether oxygens (including phenoxy) is 1. The molecule has 1 saturated carbocycles. The van der Waals surface area contributed by atoms with Crippen LogP contribution in [0.5, 0.6) is 0 Å². The van der Waals surface area contributed by atoms with Crippen LogP contribution in [-0.4, -0.2) is 38.2 Å². The van der Waals surface area contributed by atoms with Gasteiger partial charge in [0, 0.05) is 11.6 Å². The van der Waals surface area contributed by atoms with E-state index in [1.807, 2.05) is 0 Å². The molecule has 1 aliphatic carbocycles. The molecule has 0 aliphatic heterocycles. The SMILES string of the molecule is CCOC(=O)Nc1nc(-c2ccc(F)cc2)c(-c2ccc(=O)n(CC3(O)CCCCC3)n2)s1. The third-order valence-electron chi connectivity index (χ3n) is 5.56. The number of aliphatic hydroxyl groups is 1. The number of carbonyl (C=O) groups is 1. The first-order valence-electron chi connectivity index (χ1n) is 10.9. The molecule has 10 heteroatoms. The summed E-state index contributed by atoms with van der Waals surface area (Å²) in [5, 5.41) is 18.3. The summed E-state index contributed by atoms with van der Waals surface area (Å²) in [6, 6.07) is 8.80. The maximum atomic E-state index is 13.5. The van der Waals surface area contributed by atoms with E-state index < -0.39 is 11.7 Å². The highest BCUT2D eigenvalue weighted by atomic mass is 32.1. The molecular weight excluding hydrogens is 447 g/mol. The molecule has 0 atom stereocenters. The maximum Gasteiger partial charge on any atom is 0.413 e. The Balaban J connectivity index is 1.73. The second-order valence-electron chi connectivity index (χ2n) is 8.05. The number of aromatic nitrogens is 3. The molecule has 1 aliphatic rings. The number of nitrogens with zero attached hydrogens (tertiary/aromatic N) is 3. The number of anilines is 1. The minimum atomic E-state index is -0.961. The first-order chi connectivity index (χ1) is 15.9. The molecule has 4 rings (SSSR count). The topological polar surface area (TPSA) is 106 Å². The molecular formula is C23H25FN4O4S. The zero-order valence-electron chi connectivity index (χ0n) is 18.2. The summed E-state index contributed by atoms with van der Waals surface area (Å²) < 4.78 is 19.7. The van der Waals surface area contributed by atoms with Gasteiger partial charge >= 0.3 is 6.09 Å². The van der Waals surface area contributed by atoms with E-state index in [0.29, 0.717) is 34.7 Å². The van der Waals surface area contributed by atoms with E-state index in [1.165, 1.54) is 34.2 Å². The third kappa shape index (κ3) is 5.45. The number of hydrogen-bond acceptors (Lipinski definition) is 7. The normalized spacial score (nSPS) is 15.2. The number of hydrogen-bond donors (Lipinski definition) is 2. The highest BCUT2D eigenvalue weighted by molar-refractivity contribution is 7.19. The van der Waals surface area contributed by atoms with Crippen LogP contribution in [0, 0.1) is 5.82 Å². The number of carbonyl (C=O) groups excluding carboxylic acids is 1. The van der Waals surface area contributed by atoms with Gasteiger partial charge < -0.3 is 9.84 Å². The zero-order chi connectivity index (χ0) is 23.4. The van der Waals surface area contributed by atoms with Crippen LogP contribution >= 0.6 is 11.3 Å². The van der Waals surface area contributed by atoms with Crippen LogP contribution in [0.3, 0.4) is 0 Å². The molecule has 174 valence electrons. The van der Waals surface area contributed by atoms with Crippen LogP contribution in [0.25, 0.3) is 21.8 Å². The Morgan fingerprint density at radius 2 is 1.94 bits per heavy atom. The van der Waals surface area contributed by atoms with Gasteiger partial charge in [0.05, 0.1) is 29.3 Å². The molecule has 0 saturated heterocycles. The smallest absolute Gasteiger partial charge is 0.413 e. The van der Waals surface area contributed by atoms with Gasteiger partial charge in [0.15, 0.2) is 5.13 Å². The van der Waals surface area contributed by atoms with Crippen molar-refractivity contribution in [1.29, 1.82) is 0 Å². The van der Waals surface area contributed by atoms with E-state index in [4.69, 9.17) is 4.74 Å². The Labute approximate surface area is 194 Å². The fourth-order valence-electron chi connectivity index (χ4n) is 3.94. The molecule has 2 N–H and O–H groups in total. The average molecular weight is 473 g/mol. The molecule has 1 amide bonds. The number of rotatable bonds is 6. The van der Waals surface area contributed by atoms with E-state index in [1.54, 1.807) is 25.1 Å². The lowest BCUT2D eigenvalue weighted by Crippen LogP contribution is -2.40. The van der Waals surface area contributed by atoms with E-state index in [0.717, 1.165) is 19.3 Å². The Morgan fingerprint density at radius 3 is 2.64 bits per heavy atom. The standard InChI is InChI=1S/C23H25FN4O4S/c1-2-32-22(30)26-21-25-19(15-6-8-16(24)9-7-15)20(33-21)17-10-11-18(29)28(27-17)14-23(31)12-4-3-5-13-23/h6-11,31H,2-5,12-14H2,1H3,(H,25,26,30). The Hall–Kier alpha value is -3.11. The Kier molecular flexibility index (Phi) is 6.85.